The second-order valence-electron chi connectivity index (χ2n) is 1.42. The van der Waals surface area contributed by atoms with Crippen molar-refractivity contribution in [1.29, 1.82) is 5.26 Å². The molecule has 0 aliphatic carbocycles. The van der Waals surface area contributed by atoms with Gasteiger partial charge in [0.1, 0.15) is 0 Å². The molecule has 0 rings (SSSR count). The van der Waals surface area contributed by atoms with Gasteiger partial charge in [0.15, 0.2) is 0 Å². The van der Waals surface area contributed by atoms with Crippen molar-refractivity contribution in [2.75, 3.05) is 0 Å². The van der Waals surface area contributed by atoms with Crippen LogP contribution in [0.25, 0.3) is 10.4 Å². The van der Waals surface area contributed by atoms with Crippen molar-refractivity contribution in [3.63, 3.8) is 0 Å². The maximum Gasteiger partial charge on any atom is 0.0625 e. The monoisotopic (exact) mass is 110 g/mol. The molecule has 0 bridgehead atoms. The highest BCUT2D eigenvalue weighted by molar-refractivity contribution is 4.77. The van der Waals surface area contributed by atoms with Crippen molar-refractivity contribution in [3.05, 3.63) is 10.4 Å². The molecule has 0 spiro atoms. The molecule has 0 aromatic heterocycles. The summed E-state index contributed by atoms with van der Waals surface area (Å²) in [6.45, 7) is 1.70. The summed E-state index contributed by atoms with van der Waals surface area (Å²) in [6.07, 6.45) is 0.296. The SMILES string of the molecule is CC(CC#N)N=[N+]=[N-]. The second-order valence-corrected chi connectivity index (χ2v) is 1.42. The number of rotatable bonds is 2. The first-order valence-electron chi connectivity index (χ1n) is 2.22. The van der Waals surface area contributed by atoms with Crippen LogP contribution >= 0.6 is 0 Å². The van der Waals surface area contributed by atoms with Gasteiger partial charge in [0.05, 0.1) is 6.07 Å². The highest BCUT2D eigenvalue weighted by Gasteiger charge is 1.92. The van der Waals surface area contributed by atoms with E-state index >= 15 is 0 Å². The molecule has 0 aliphatic rings. The molecule has 0 fully saturated rings. The van der Waals surface area contributed by atoms with Crippen LogP contribution in [0.5, 0.6) is 0 Å². The molecule has 0 N–H and O–H groups in total. The summed E-state index contributed by atoms with van der Waals surface area (Å²) in [7, 11) is 0. The van der Waals surface area contributed by atoms with Crippen LogP contribution in [0.1, 0.15) is 13.3 Å². The summed E-state index contributed by atoms with van der Waals surface area (Å²) in [4.78, 5) is 2.53. The minimum atomic E-state index is -0.190. The molecule has 8 heavy (non-hydrogen) atoms. The molecule has 42 valence electrons. The Bertz CT molecular complexity index is 139. The second kappa shape index (κ2) is 3.97. The normalized spacial score (nSPS) is 11.0. The lowest BCUT2D eigenvalue weighted by atomic mass is 10.3. The fourth-order valence-corrected chi connectivity index (χ4v) is 0.261. The van der Waals surface area contributed by atoms with Gasteiger partial charge in [-0.3, -0.25) is 0 Å². The lowest BCUT2D eigenvalue weighted by Gasteiger charge is -1.89. The van der Waals surface area contributed by atoms with Crippen LogP contribution in [-0.2, 0) is 0 Å². The molecule has 4 heteroatoms. The predicted molar refractivity (Wildman–Crippen MR) is 28.8 cm³/mol. The van der Waals surface area contributed by atoms with Gasteiger partial charge in [0, 0.05) is 17.4 Å². The van der Waals surface area contributed by atoms with Crippen LogP contribution < -0.4 is 0 Å². The van der Waals surface area contributed by atoms with E-state index in [2.05, 4.69) is 10.0 Å². The lowest BCUT2D eigenvalue weighted by molar-refractivity contribution is 0.757. The van der Waals surface area contributed by atoms with Crippen molar-refractivity contribution < 1.29 is 0 Å². The van der Waals surface area contributed by atoms with Crippen LogP contribution in [0.3, 0.4) is 0 Å². The van der Waals surface area contributed by atoms with E-state index in [0.29, 0.717) is 6.42 Å². The summed E-state index contributed by atoms with van der Waals surface area (Å²) in [6, 6.07) is 1.70. The molecule has 0 saturated heterocycles. The summed E-state index contributed by atoms with van der Waals surface area (Å²) in [5.41, 5.74) is 7.81. The molecule has 0 saturated carbocycles. The minimum absolute atomic E-state index is 0.190. The predicted octanol–water partition coefficient (Wildman–Crippen LogP) is 1.60. The van der Waals surface area contributed by atoms with Gasteiger partial charge in [-0.1, -0.05) is 12.0 Å². The zero-order valence-corrected chi connectivity index (χ0v) is 4.57. The number of nitrogens with zero attached hydrogens (tertiary/aromatic N) is 4. The standard InChI is InChI=1S/C4H6N4/c1-4(2-3-5)7-8-6/h4H,2H2,1H3. The quantitative estimate of drug-likeness (QED) is 0.302. The molecule has 0 amide bonds. The summed E-state index contributed by atoms with van der Waals surface area (Å²) in [5, 5.41) is 11.3. The Balaban J connectivity index is 3.51. The highest BCUT2D eigenvalue weighted by Crippen LogP contribution is 1.93. The van der Waals surface area contributed by atoms with Crippen LogP contribution in [0, 0.1) is 11.3 Å². The third-order valence-electron chi connectivity index (χ3n) is 0.635. The van der Waals surface area contributed by atoms with Crippen molar-refractivity contribution in [2.45, 2.75) is 19.4 Å². The Morgan fingerprint density at radius 1 is 2.00 bits per heavy atom. The van der Waals surface area contributed by atoms with E-state index < -0.39 is 0 Å². The summed E-state index contributed by atoms with van der Waals surface area (Å²) < 4.78 is 0. The first-order chi connectivity index (χ1) is 3.81. The fraction of sp³-hybridized carbons (Fsp3) is 0.750. The van der Waals surface area contributed by atoms with E-state index in [1.807, 2.05) is 6.07 Å². The average Bonchev–Trinajstić information content (AvgIpc) is 1.68. The van der Waals surface area contributed by atoms with E-state index in [9.17, 15) is 0 Å². The van der Waals surface area contributed by atoms with Crippen LogP contribution in [0.4, 0.5) is 0 Å². The van der Waals surface area contributed by atoms with Gasteiger partial charge in [0.25, 0.3) is 0 Å². The molecule has 0 aromatic carbocycles. The van der Waals surface area contributed by atoms with E-state index in [1.54, 1.807) is 6.92 Å². The largest absolute Gasteiger partial charge is 0.198 e. The third-order valence-corrected chi connectivity index (χ3v) is 0.635. The van der Waals surface area contributed by atoms with Gasteiger partial charge in [-0.25, -0.2) is 0 Å². The zero-order chi connectivity index (χ0) is 6.41. The van der Waals surface area contributed by atoms with Crippen LogP contribution in [-0.4, -0.2) is 6.04 Å². The Morgan fingerprint density at radius 2 is 2.62 bits per heavy atom. The molecule has 0 heterocycles. The Labute approximate surface area is 47.4 Å². The molecule has 0 aromatic rings. The Hall–Kier alpha value is -1.20. The molecular weight excluding hydrogens is 104 g/mol. The van der Waals surface area contributed by atoms with Crippen molar-refractivity contribution in [3.8, 4) is 6.07 Å². The number of hydrogen-bond acceptors (Lipinski definition) is 2. The van der Waals surface area contributed by atoms with Gasteiger partial charge in [-0.05, 0) is 5.53 Å². The molecule has 0 radical (unpaired) electrons. The molecule has 4 nitrogen and oxygen atoms in total. The first-order valence-corrected chi connectivity index (χ1v) is 2.22. The van der Waals surface area contributed by atoms with E-state index in [0.717, 1.165) is 0 Å². The highest BCUT2D eigenvalue weighted by atomic mass is 15.1. The maximum absolute atomic E-state index is 8.03. The lowest BCUT2D eigenvalue weighted by Crippen LogP contribution is -1.91. The van der Waals surface area contributed by atoms with Gasteiger partial charge in [0.2, 0.25) is 0 Å². The van der Waals surface area contributed by atoms with E-state index in [-0.39, 0.29) is 6.04 Å². The number of azide groups is 1. The molecular formula is C4H6N4. The smallest absolute Gasteiger partial charge is 0.0625 e. The zero-order valence-electron chi connectivity index (χ0n) is 4.57. The third kappa shape index (κ3) is 3.01. The Kier molecular flexibility index (Phi) is 3.38. The summed E-state index contributed by atoms with van der Waals surface area (Å²) >= 11 is 0. The minimum Gasteiger partial charge on any atom is -0.198 e. The topological polar surface area (TPSA) is 72.5 Å². The van der Waals surface area contributed by atoms with Gasteiger partial charge >= 0.3 is 0 Å². The van der Waals surface area contributed by atoms with Gasteiger partial charge < -0.3 is 0 Å². The van der Waals surface area contributed by atoms with E-state index in [4.69, 9.17) is 10.8 Å². The fourth-order valence-electron chi connectivity index (χ4n) is 0.261. The molecule has 0 aliphatic heterocycles. The average molecular weight is 110 g/mol. The summed E-state index contributed by atoms with van der Waals surface area (Å²) in [5.74, 6) is 0. The molecule has 1 unspecified atom stereocenters. The number of nitriles is 1. The number of hydrogen-bond donors (Lipinski definition) is 0. The van der Waals surface area contributed by atoms with Gasteiger partial charge in [-0.2, -0.15) is 5.26 Å². The van der Waals surface area contributed by atoms with Crippen molar-refractivity contribution >= 4 is 0 Å². The first kappa shape index (κ1) is 6.80. The maximum atomic E-state index is 8.03. The van der Waals surface area contributed by atoms with Crippen molar-refractivity contribution in [1.82, 2.24) is 0 Å². The van der Waals surface area contributed by atoms with Crippen molar-refractivity contribution in [2.24, 2.45) is 5.11 Å². The van der Waals surface area contributed by atoms with Gasteiger partial charge in [-0.15, -0.1) is 0 Å². The Morgan fingerprint density at radius 3 is 3.00 bits per heavy atom. The molecule has 1 atom stereocenters. The van der Waals surface area contributed by atoms with Crippen LogP contribution in [0.2, 0.25) is 0 Å². The van der Waals surface area contributed by atoms with Crippen LogP contribution in [0.15, 0.2) is 5.11 Å². The van der Waals surface area contributed by atoms with E-state index in [1.165, 1.54) is 0 Å².